The molecule has 0 spiro atoms. The van der Waals surface area contributed by atoms with Gasteiger partial charge in [-0.2, -0.15) is 0 Å². The monoisotopic (exact) mass is 528 g/mol. The molecule has 2 aromatic heterocycles. The van der Waals surface area contributed by atoms with Crippen LogP contribution in [0.5, 0.6) is 0 Å². The molecule has 4 atom stereocenters. The van der Waals surface area contributed by atoms with Crippen LogP contribution >= 0.6 is 11.3 Å². The van der Waals surface area contributed by atoms with E-state index in [1.807, 2.05) is 22.5 Å². The minimum Gasteiger partial charge on any atom is -0.350 e. The molecule has 2 saturated heterocycles. The smallest absolute Gasteiger partial charge is 0.270 e. The number of nitrogens with one attached hydrogen (secondary N) is 1. The van der Waals surface area contributed by atoms with E-state index in [1.165, 1.54) is 9.71 Å². The third-order valence-corrected chi connectivity index (χ3v) is 9.60. The number of carbonyl (C=O) groups excluding carboxylic acids is 1. The Balaban J connectivity index is 1.24. The van der Waals surface area contributed by atoms with Crippen molar-refractivity contribution in [3.8, 4) is 0 Å². The molecule has 3 aromatic rings. The average molecular weight is 529 g/mol. The molecule has 3 aliphatic heterocycles. The van der Waals surface area contributed by atoms with Gasteiger partial charge >= 0.3 is 0 Å². The lowest BCUT2D eigenvalue weighted by Gasteiger charge is -2.39. The molecule has 0 bridgehead atoms. The quantitative estimate of drug-likeness (QED) is 0.436. The summed E-state index contributed by atoms with van der Waals surface area (Å²) in [4.78, 5) is 32.0. The van der Waals surface area contributed by atoms with E-state index in [0.717, 1.165) is 60.2 Å². The largest absolute Gasteiger partial charge is 0.350 e. The molecular formula is C30H36N6OS. The van der Waals surface area contributed by atoms with Crippen LogP contribution in [-0.2, 0) is 11.3 Å². The van der Waals surface area contributed by atoms with Crippen molar-refractivity contribution in [1.29, 1.82) is 0 Å². The molecule has 5 heterocycles. The summed E-state index contributed by atoms with van der Waals surface area (Å²) in [5.74, 6) is 1.51. The Morgan fingerprint density at radius 3 is 2.87 bits per heavy atom. The summed E-state index contributed by atoms with van der Waals surface area (Å²) in [6, 6.07) is 6.64. The van der Waals surface area contributed by atoms with E-state index < -0.39 is 0 Å². The topological polar surface area (TPSA) is 73.7 Å². The molecule has 0 aliphatic carbocycles. The summed E-state index contributed by atoms with van der Waals surface area (Å²) >= 11 is 1.84. The predicted molar refractivity (Wildman–Crippen MR) is 155 cm³/mol. The Bertz CT molecular complexity index is 1410. The van der Waals surface area contributed by atoms with Crippen molar-refractivity contribution in [2.75, 3.05) is 32.0 Å². The van der Waals surface area contributed by atoms with Gasteiger partial charge in [-0.05, 0) is 62.4 Å². The van der Waals surface area contributed by atoms with E-state index in [-0.39, 0.29) is 11.9 Å². The van der Waals surface area contributed by atoms with E-state index in [0.29, 0.717) is 36.5 Å². The maximum Gasteiger partial charge on any atom is 0.270 e. The van der Waals surface area contributed by atoms with E-state index in [4.69, 9.17) is 4.98 Å². The van der Waals surface area contributed by atoms with Gasteiger partial charge in [-0.25, -0.2) is 4.98 Å². The van der Waals surface area contributed by atoms with Crippen LogP contribution in [0.3, 0.4) is 0 Å². The van der Waals surface area contributed by atoms with Crippen LogP contribution in [0.4, 0.5) is 5.69 Å². The van der Waals surface area contributed by atoms with Gasteiger partial charge in [0.2, 0.25) is 0 Å². The van der Waals surface area contributed by atoms with Gasteiger partial charge in [0.25, 0.3) is 5.91 Å². The number of nitrogens with zero attached hydrogens (tertiary/aromatic N) is 5. The number of likely N-dealkylation sites (tertiary alicyclic amines) is 2. The van der Waals surface area contributed by atoms with Crippen molar-refractivity contribution in [1.82, 2.24) is 19.8 Å². The average Bonchev–Trinajstić information content (AvgIpc) is 3.55. The molecule has 8 heteroatoms. The van der Waals surface area contributed by atoms with Crippen molar-refractivity contribution in [3.63, 3.8) is 0 Å². The molecule has 2 fully saturated rings. The van der Waals surface area contributed by atoms with Crippen molar-refractivity contribution in [2.24, 2.45) is 16.8 Å². The number of thiazole rings is 1. The first-order valence-electron chi connectivity index (χ1n) is 13.7. The molecular weight excluding hydrogens is 492 g/mol. The lowest BCUT2D eigenvalue weighted by Crippen LogP contribution is -2.43. The summed E-state index contributed by atoms with van der Waals surface area (Å²) in [6.45, 7) is 12.3. The summed E-state index contributed by atoms with van der Waals surface area (Å²) in [5, 5.41) is 4.52. The van der Waals surface area contributed by atoms with Crippen LogP contribution in [0.15, 0.2) is 47.9 Å². The van der Waals surface area contributed by atoms with Gasteiger partial charge in [0.1, 0.15) is 0 Å². The molecule has 7 nitrogen and oxygen atoms in total. The second-order valence-corrected chi connectivity index (χ2v) is 12.5. The van der Waals surface area contributed by atoms with Crippen LogP contribution in [0.1, 0.15) is 66.8 Å². The van der Waals surface area contributed by atoms with E-state index in [2.05, 4.69) is 65.9 Å². The van der Waals surface area contributed by atoms with Crippen LogP contribution < -0.4 is 5.32 Å². The van der Waals surface area contributed by atoms with Crippen LogP contribution in [0, 0.1) is 11.8 Å². The number of fused-ring (bicyclic) bond motifs is 2. The maximum absolute atomic E-state index is 13.8. The van der Waals surface area contributed by atoms with Gasteiger partial charge in [-0.1, -0.05) is 26.5 Å². The molecule has 1 aromatic carbocycles. The van der Waals surface area contributed by atoms with E-state index >= 15 is 0 Å². The third-order valence-electron chi connectivity index (χ3n) is 8.43. The first kappa shape index (κ1) is 25.2. The standard InChI is InChI=1S/C30H36N6OS/c1-18-5-7-27(36(16-18)30(37)20(3)33-26-15-32-13-22-12-31-14-24(22)26)21-6-8-28-25(11-21)34-29(38-28)23-9-10-35(4)17-19(23)2/h6,8,11-13,15,18-19,23,27,33H,3,5,7,9-10,14,16-17H2,1-2,4H3/t18-,19+,23+,27+/m0/s1. The summed E-state index contributed by atoms with van der Waals surface area (Å²) in [6.07, 6.45) is 8.57. The van der Waals surface area contributed by atoms with Gasteiger partial charge in [-0.15, -0.1) is 11.3 Å². The molecule has 1 N–H and O–H groups in total. The van der Waals surface area contributed by atoms with Crippen LogP contribution in [-0.4, -0.2) is 58.6 Å². The molecule has 1 amide bonds. The molecule has 3 aliphatic rings. The van der Waals surface area contributed by atoms with Gasteiger partial charge < -0.3 is 15.1 Å². The number of anilines is 1. The second kappa shape index (κ2) is 10.2. The lowest BCUT2D eigenvalue weighted by atomic mass is 9.87. The van der Waals surface area contributed by atoms with Gasteiger partial charge in [0.15, 0.2) is 0 Å². The number of piperidine rings is 2. The fourth-order valence-corrected chi connectivity index (χ4v) is 7.51. The van der Waals surface area contributed by atoms with Crippen LogP contribution in [0.2, 0.25) is 0 Å². The number of hydrogen-bond acceptors (Lipinski definition) is 7. The molecule has 0 radical (unpaired) electrons. The zero-order valence-corrected chi connectivity index (χ0v) is 23.3. The minimum atomic E-state index is -0.0581. The first-order chi connectivity index (χ1) is 18.4. The number of carbonyl (C=O) groups is 1. The Morgan fingerprint density at radius 2 is 2.03 bits per heavy atom. The Kier molecular flexibility index (Phi) is 6.78. The van der Waals surface area contributed by atoms with Gasteiger partial charge in [-0.3, -0.25) is 14.8 Å². The maximum atomic E-state index is 13.8. The predicted octanol–water partition coefficient (Wildman–Crippen LogP) is 5.60. The lowest BCUT2D eigenvalue weighted by molar-refractivity contribution is -0.131. The normalized spacial score (nSPS) is 25.5. The Morgan fingerprint density at radius 1 is 1.16 bits per heavy atom. The highest BCUT2D eigenvalue weighted by atomic mass is 32.1. The number of benzene rings is 1. The number of rotatable bonds is 5. The molecule has 0 unspecified atom stereocenters. The number of amides is 1. The number of pyridine rings is 1. The third kappa shape index (κ3) is 4.76. The van der Waals surface area contributed by atoms with E-state index in [9.17, 15) is 4.79 Å². The van der Waals surface area contributed by atoms with Gasteiger partial charge in [0.05, 0.1) is 45.4 Å². The Hall–Kier alpha value is -3.10. The molecule has 198 valence electrons. The van der Waals surface area contributed by atoms with Crippen molar-refractivity contribution in [3.05, 3.63) is 64.6 Å². The number of aliphatic imine (C=N–C) groups is 1. The zero-order valence-electron chi connectivity index (χ0n) is 22.5. The highest BCUT2D eigenvalue weighted by Crippen LogP contribution is 2.39. The fraction of sp³-hybridized carbons (Fsp3) is 0.467. The number of aromatic nitrogens is 2. The number of hydrogen-bond donors (Lipinski definition) is 1. The van der Waals surface area contributed by atoms with E-state index in [1.54, 1.807) is 12.4 Å². The SMILES string of the molecule is C=C(Nc1cncc2c1CN=C2)C(=O)N1C[C@@H](C)CC[C@@H]1c1ccc2sc([C@@H]3CCN(C)C[C@H]3C)nc2c1. The summed E-state index contributed by atoms with van der Waals surface area (Å²) < 4.78 is 1.23. The fourth-order valence-electron chi connectivity index (χ4n) is 6.30. The first-order valence-corrected chi connectivity index (χ1v) is 14.5. The second-order valence-electron chi connectivity index (χ2n) is 11.4. The molecule has 6 rings (SSSR count). The van der Waals surface area contributed by atoms with Crippen LogP contribution in [0.25, 0.3) is 10.2 Å². The summed E-state index contributed by atoms with van der Waals surface area (Å²) in [5.41, 5.74) is 5.45. The van der Waals surface area contributed by atoms with Gasteiger partial charge in [0, 0.05) is 42.5 Å². The molecule has 0 saturated carbocycles. The highest BCUT2D eigenvalue weighted by Gasteiger charge is 2.33. The highest BCUT2D eigenvalue weighted by molar-refractivity contribution is 7.18. The Labute approximate surface area is 228 Å². The summed E-state index contributed by atoms with van der Waals surface area (Å²) in [7, 11) is 2.21. The van der Waals surface area contributed by atoms with Crippen molar-refractivity contribution in [2.45, 2.75) is 51.6 Å². The van der Waals surface area contributed by atoms with Crippen molar-refractivity contribution < 1.29 is 4.79 Å². The minimum absolute atomic E-state index is 0.0111. The van der Waals surface area contributed by atoms with Crippen molar-refractivity contribution >= 4 is 39.4 Å². The molecule has 38 heavy (non-hydrogen) atoms. The zero-order chi connectivity index (χ0) is 26.4.